The molecule has 0 atom stereocenters. The maximum atomic E-state index is 12.2. The third-order valence-electron chi connectivity index (χ3n) is 3.19. The van der Waals surface area contributed by atoms with E-state index in [1.807, 2.05) is 0 Å². The van der Waals surface area contributed by atoms with Crippen molar-refractivity contribution in [3.8, 4) is 0 Å². The van der Waals surface area contributed by atoms with Crippen molar-refractivity contribution in [2.45, 2.75) is 30.9 Å². The van der Waals surface area contributed by atoms with E-state index in [1.54, 1.807) is 24.3 Å². The van der Waals surface area contributed by atoms with Crippen LogP contribution in [0.15, 0.2) is 24.3 Å². The minimum atomic E-state index is -3.33. The van der Waals surface area contributed by atoms with Crippen LogP contribution in [0.2, 0.25) is 0 Å². The Balaban J connectivity index is 2.26. The smallest absolute Gasteiger partial charge is 0.235 e. The van der Waals surface area contributed by atoms with E-state index in [4.69, 9.17) is 18.0 Å². The van der Waals surface area contributed by atoms with Crippen LogP contribution in [0.3, 0.4) is 0 Å². The number of hydrogen-bond acceptors (Lipinski definition) is 3. The molecule has 0 aromatic heterocycles. The first-order valence-electron chi connectivity index (χ1n) is 5.91. The number of nitrogens with two attached hydrogens (primary N) is 1. The van der Waals surface area contributed by atoms with Gasteiger partial charge < -0.3 is 5.73 Å². The second-order valence-corrected chi connectivity index (χ2v) is 6.86. The molecule has 1 aliphatic rings. The maximum absolute atomic E-state index is 12.2. The monoisotopic (exact) mass is 284 g/mol. The number of benzene rings is 1. The largest absolute Gasteiger partial charge is 0.389 e. The first-order chi connectivity index (χ1) is 8.50. The van der Waals surface area contributed by atoms with Gasteiger partial charge in [0.05, 0.1) is 10.9 Å². The van der Waals surface area contributed by atoms with E-state index in [2.05, 4.69) is 4.72 Å². The van der Waals surface area contributed by atoms with Gasteiger partial charge in [0.25, 0.3) is 0 Å². The third kappa shape index (κ3) is 2.81. The summed E-state index contributed by atoms with van der Waals surface area (Å²) in [5.41, 5.74) is 6.62. The molecule has 1 saturated carbocycles. The quantitative estimate of drug-likeness (QED) is 0.830. The molecule has 0 amide bonds. The number of nitrogens with one attached hydrogen (secondary N) is 1. The number of anilines is 1. The van der Waals surface area contributed by atoms with Gasteiger partial charge in [0.15, 0.2) is 0 Å². The Kier molecular flexibility index (Phi) is 3.87. The molecule has 0 heterocycles. The van der Waals surface area contributed by atoms with Crippen molar-refractivity contribution in [2.24, 2.45) is 5.73 Å². The SMILES string of the molecule is NC(=S)c1ccccc1NS(=O)(=O)C1CCCC1. The van der Waals surface area contributed by atoms with Gasteiger partial charge in [-0.15, -0.1) is 0 Å². The molecule has 0 aliphatic heterocycles. The van der Waals surface area contributed by atoms with Crippen LogP contribution in [0.25, 0.3) is 0 Å². The van der Waals surface area contributed by atoms with Crippen molar-refractivity contribution in [2.75, 3.05) is 4.72 Å². The molecule has 0 radical (unpaired) electrons. The van der Waals surface area contributed by atoms with Gasteiger partial charge in [-0.05, 0) is 25.0 Å². The molecular weight excluding hydrogens is 268 g/mol. The average molecular weight is 284 g/mol. The molecule has 0 saturated heterocycles. The van der Waals surface area contributed by atoms with Gasteiger partial charge in [-0.1, -0.05) is 37.2 Å². The molecule has 4 nitrogen and oxygen atoms in total. The summed E-state index contributed by atoms with van der Waals surface area (Å²) >= 11 is 4.92. The van der Waals surface area contributed by atoms with Crippen LogP contribution in [0.1, 0.15) is 31.2 Å². The van der Waals surface area contributed by atoms with Gasteiger partial charge in [0.2, 0.25) is 10.0 Å². The van der Waals surface area contributed by atoms with Crippen LogP contribution in [-0.2, 0) is 10.0 Å². The molecule has 0 bridgehead atoms. The lowest BCUT2D eigenvalue weighted by atomic mass is 10.2. The van der Waals surface area contributed by atoms with Crippen molar-refractivity contribution in [1.29, 1.82) is 0 Å². The van der Waals surface area contributed by atoms with E-state index in [9.17, 15) is 8.42 Å². The lowest BCUT2D eigenvalue weighted by Gasteiger charge is -2.15. The first-order valence-corrected chi connectivity index (χ1v) is 7.86. The summed E-state index contributed by atoms with van der Waals surface area (Å²) in [6.07, 6.45) is 3.40. The number of para-hydroxylation sites is 1. The number of hydrogen-bond donors (Lipinski definition) is 2. The zero-order valence-corrected chi connectivity index (χ0v) is 11.6. The molecule has 18 heavy (non-hydrogen) atoms. The Hall–Kier alpha value is -1.14. The van der Waals surface area contributed by atoms with Crippen LogP contribution >= 0.6 is 12.2 Å². The number of sulfonamides is 1. The van der Waals surface area contributed by atoms with Crippen molar-refractivity contribution in [3.05, 3.63) is 29.8 Å². The van der Waals surface area contributed by atoms with E-state index in [1.165, 1.54) is 0 Å². The summed E-state index contributed by atoms with van der Waals surface area (Å²) in [5.74, 6) is 0. The minimum absolute atomic E-state index is 0.194. The Morgan fingerprint density at radius 3 is 2.50 bits per heavy atom. The highest BCUT2D eigenvalue weighted by molar-refractivity contribution is 7.93. The molecule has 1 aliphatic carbocycles. The Bertz CT molecular complexity index is 549. The van der Waals surface area contributed by atoms with E-state index in [0.29, 0.717) is 11.3 Å². The van der Waals surface area contributed by atoms with Gasteiger partial charge in [0, 0.05) is 5.56 Å². The van der Waals surface area contributed by atoms with Gasteiger partial charge in [-0.25, -0.2) is 8.42 Å². The zero-order valence-electron chi connectivity index (χ0n) is 9.93. The average Bonchev–Trinajstić information content (AvgIpc) is 2.83. The van der Waals surface area contributed by atoms with Gasteiger partial charge in [-0.3, -0.25) is 4.72 Å². The molecule has 98 valence electrons. The summed E-state index contributed by atoms with van der Waals surface area (Å²) < 4.78 is 27.0. The van der Waals surface area contributed by atoms with Crippen LogP contribution in [0.4, 0.5) is 5.69 Å². The summed E-state index contributed by atoms with van der Waals surface area (Å²) in [5, 5.41) is -0.295. The van der Waals surface area contributed by atoms with Gasteiger partial charge in [-0.2, -0.15) is 0 Å². The second-order valence-electron chi connectivity index (χ2n) is 4.46. The molecule has 1 fully saturated rings. The normalized spacial score (nSPS) is 16.7. The van der Waals surface area contributed by atoms with Crippen molar-refractivity contribution in [3.63, 3.8) is 0 Å². The number of thiocarbonyl (C=S) groups is 1. The molecule has 0 spiro atoms. The molecule has 2 rings (SSSR count). The molecule has 1 aromatic carbocycles. The lowest BCUT2D eigenvalue weighted by Crippen LogP contribution is -2.26. The van der Waals surface area contributed by atoms with Crippen molar-refractivity contribution >= 4 is 32.9 Å². The van der Waals surface area contributed by atoms with Gasteiger partial charge >= 0.3 is 0 Å². The Morgan fingerprint density at radius 1 is 1.28 bits per heavy atom. The summed E-state index contributed by atoms with van der Waals surface area (Å²) in [6, 6.07) is 6.94. The predicted octanol–water partition coefficient (Wildman–Crippen LogP) is 2.01. The van der Waals surface area contributed by atoms with Crippen molar-refractivity contribution < 1.29 is 8.42 Å². The van der Waals surface area contributed by atoms with E-state index >= 15 is 0 Å². The zero-order chi connectivity index (χ0) is 13.2. The maximum Gasteiger partial charge on any atom is 0.235 e. The molecule has 3 N–H and O–H groups in total. The highest BCUT2D eigenvalue weighted by atomic mass is 32.2. The van der Waals surface area contributed by atoms with E-state index in [0.717, 1.165) is 25.7 Å². The van der Waals surface area contributed by atoms with Gasteiger partial charge in [0.1, 0.15) is 4.99 Å². The predicted molar refractivity (Wildman–Crippen MR) is 77.1 cm³/mol. The van der Waals surface area contributed by atoms with Crippen LogP contribution in [0.5, 0.6) is 0 Å². The molecule has 6 heteroatoms. The number of rotatable bonds is 4. The van der Waals surface area contributed by atoms with Crippen LogP contribution in [-0.4, -0.2) is 18.7 Å². The topological polar surface area (TPSA) is 72.2 Å². The Labute approximate surface area is 113 Å². The standard InChI is InChI=1S/C12H16N2O2S2/c13-12(17)10-7-3-4-8-11(10)14-18(15,16)9-5-1-2-6-9/h3-4,7-9,14H,1-2,5-6H2,(H2,13,17). The fourth-order valence-corrected chi connectivity index (χ4v) is 4.01. The highest BCUT2D eigenvalue weighted by Crippen LogP contribution is 2.27. The Morgan fingerprint density at radius 2 is 1.89 bits per heavy atom. The van der Waals surface area contributed by atoms with E-state index < -0.39 is 10.0 Å². The second kappa shape index (κ2) is 5.24. The lowest BCUT2D eigenvalue weighted by molar-refractivity contribution is 0.585. The summed E-state index contributed by atoms with van der Waals surface area (Å²) in [4.78, 5) is 0.194. The fraction of sp³-hybridized carbons (Fsp3) is 0.417. The van der Waals surface area contributed by atoms with Crippen molar-refractivity contribution in [1.82, 2.24) is 0 Å². The first kappa shape index (κ1) is 13.3. The molecule has 0 unspecified atom stereocenters. The minimum Gasteiger partial charge on any atom is -0.389 e. The third-order valence-corrected chi connectivity index (χ3v) is 5.26. The highest BCUT2D eigenvalue weighted by Gasteiger charge is 2.29. The van der Waals surface area contributed by atoms with Crippen LogP contribution in [0, 0.1) is 0 Å². The molecular formula is C12H16N2O2S2. The summed E-state index contributed by atoms with van der Waals surface area (Å²) in [6.45, 7) is 0. The summed E-state index contributed by atoms with van der Waals surface area (Å²) in [7, 11) is -3.33. The molecule has 1 aromatic rings. The fourth-order valence-electron chi connectivity index (χ4n) is 2.22. The van der Waals surface area contributed by atoms with Crippen LogP contribution < -0.4 is 10.5 Å². The van der Waals surface area contributed by atoms with E-state index in [-0.39, 0.29) is 10.2 Å².